The van der Waals surface area contributed by atoms with Crippen LogP contribution in [0.1, 0.15) is 25.7 Å². The summed E-state index contributed by atoms with van der Waals surface area (Å²) in [7, 11) is -3.25. The van der Waals surface area contributed by atoms with Crippen LogP contribution in [0.15, 0.2) is 29.2 Å². The molecular weight excluding hydrogens is 304 g/mol. The number of nitriles is 1. The Hall–Kier alpha value is -2.07. The maximum atomic E-state index is 11.9. The average molecular weight is 322 g/mol. The lowest BCUT2D eigenvalue weighted by Crippen LogP contribution is -2.47. The summed E-state index contributed by atoms with van der Waals surface area (Å²) >= 11 is 0. The van der Waals surface area contributed by atoms with E-state index in [1.54, 1.807) is 0 Å². The maximum Gasteiger partial charge on any atom is 0.259 e. The van der Waals surface area contributed by atoms with E-state index in [1.807, 2.05) is 0 Å². The molecule has 1 aromatic rings. The lowest BCUT2D eigenvalue weighted by Gasteiger charge is -2.21. The second-order valence-electron chi connectivity index (χ2n) is 5.48. The van der Waals surface area contributed by atoms with E-state index in [2.05, 4.69) is 11.4 Å². The molecular formula is C15H18N2O4S. The molecule has 0 heterocycles. The molecule has 1 fully saturated rings. The van der Waals surface area contributed by atoms with Crippen molar-refractivity contribution in [2.24, 2.45) is 0 Å². The van der Waals surface area contributed by atoms with Crippen molar-refractivity contribution in [1.29, 1.82) is 5.26 Å². The van der Waals surface area contributed by atoms with Crippen LogP contribution in [-0.4, -0.2) is 32.7 Å². The number of nitrogens with zero attached hydrogens (tertiary/aromatic N) is 1. The number of hydrogen-bond acceptors (Lipinski definition) is 5. The summed E-state index contributed by atoms with van der Waals surface area (Å²) in [5.41, 5.74) is -0.763. The lowest BCUT2D eigenvalue weighted by molar-refractivity contribution is -0.124. The Morgan fingerprint density at radius 3 is 2.41 bits per heavy atom. The monoisotopic (exact) mass is 322 g/mol. The fourth-order valence-electron chi connectivity index (χ4n) is 2.48. The summed E-state index contributed by atoms with van der Waals surface area (Å²) in [6.07, 6.45) is 4.32. The van der Waals surface area contributed by atoms with Crippen LogP contribution in [0, 0.1) is 11.3 Å². The zero-order valence-corrected chi connectivity index (χ0v) is 13.1. The van der Waals surface area contributed by atoms with Gasteiger partial charge in [-0.1, -0.05) is 0 Å². The van der Waals surface area contributed by atoms with E-state index in [1.165, 1.54) is 24.3 Å². The van der Waals surface area contributed by atoms with Crippen LogP contribution in [0.2, 0.25) is 0 Å². The van der Waals surface area contributed by atoms with E-state index in [4.69, 9.17) is 4.74 Å². The molecule has 22 heavy (non-hydrogen) atoms. The summed E-state index contributed by atoms with van der Waals surface area (Å²) in [4.78, 5) is 12.1. The van der Waals surface area contributed by atoms with Gasteiger partial charge in [0.2, 0.25) is 0 Å². The second-order valence-corrected chi connectivity index (χ2v) is 7.50. The van der Waals surface area contributed by atoms with Gasteiger partial charge in [-0.2, -0.15) is 5.26 Å². The van der Waals surface area contributed by atoms with Crippen molar-refractivity contribution in [3.63, 3.8) is 0 Å². The minimum Gasteiger partial charge on any atom is -0.484 e. The van der Waals surface area contributed by atoms with Crippen molar-refractivity contribution in [1.82, 2.24) is 5.32 Å². The summed E-state index contributed by atoms with van der Waals surface area (Å²) in [6.45, 7) is -0.207. The van der Waals surface area contributed by atoms with Crippen LogP contribution >= 0.6 is 0 Å². The zero-order chi connectivity index (χ0) is 16.2. The van der Waals surface area contributed by atoms with Crippen molar-refractivity contribution in [2.75, 3.05) is 12.9 Å². The van der Waals surface area contributed by atoms with E-state index in [9.17, 15) is 18.5 Å². The predicted octanol–water partition coefficient (Wildman–Crippen LogP) is 1.42. The van der Waals surface area contributed by atoms with Crippen LogP contribution < -0.4 is 10.1 Å². The van der Waals surface area contributed by atoms with Gasteiger partial charge in [0, 0.05) is 6.26 Å². The number of sulfone groups is 1. The van der Waals surface area contributed by atoms with E-state index < -0.39 is 15.4 Å². The first kappa shape index (κ1) is 16.3. The van der Waals surface area contributed by atoms with Crippen LogP contribution in [0.3, 0.4) is 0 Å². The molecule has 0 aromatic heterocycles. The van der Waals surface area contributed by atoms with Crippen molar-refractivity contribution >= 4 is 15.7 Å². The molecule has 0 radical (unpaired) electrons. The summed E-state index contributed by atoms with van der Waals surface area (Å²) in [5, 5.41) is 11.9. The minimum absolute atomic E-state index is 0.193. The van der Waals surface area contributed by atoms with Crippen molar-refractivity contribution in [3.05, 3.63) is 24.3 Å². The lowest BCUT2D eigenvalue weighted by atomic mass is 10.00. The highest BCUT2D eigenvalue weighted by Crippen LogP contribution is 2.28. The first-order chi connectivity index (χ1) is 10.3. The number of amides is 1. The number of carbonyl (C=O) groups is 1. The molecule has 0 atom stereocenters. The van der Waals surface area contributed by atoms with Crippen molar-refractivity contribution in [2.45, 2.75) is 36.1 Å². The van der Waals surface area contributed by atoms with E-state index in [-0.39, 0.29) is 17.4 Å². The van der Waals surface area contributed by atoms with Gasteiger partial charge in [-0.3, -0.25) is 4.79 Å². The molecule has 0 bridgehead atoms. The summed E-state index contributed by atoms with van der Waals surface area (Å²) in [6, 6.07) is 8.03. The Bertz CT molecular complexity index is 683. The summed E-state index contributed by atoms with van der Waals surface area (Å²) in [5.74, 6) is 0.0515. The van der Waals surface area contributed by atoms with Gasteiger partial charge < -0.3 is 10.1 Å². The van der Waals surface area contributed by atoms with Crippen LogP contribution in [0.5, 0.6) is 5.75 Å². The molecule has 1 aliphatic carbocycles. The topological polar surface area (TPSA) is 96.3 Å². The summed E-state index contributed by atoms with van der Waals surface area (Å²) < 4.78 is 28.0. The second kappa shape index (κ2) is 6.36. The van der Waals surface area contributed by atoms with Crippen LogP contribution in [0.25, 0.3) is 0 Å². The Morgan fingerprint density at radius 2 is 1.91 bits per heavy atom. The predicted molar refractivity (Wildman–Crippen MR) is 80.0 cm³/mol. The highest BCUT2D eigenvalue weighted by atomic mass is 32.2. The number of nitrogens with one attached hydrogen (secondary N) is 1. The molecule has 0 aliphatic heterocycles. The maximum absolute atomic E-state index is 11.9. The highest BCUT2D eigenvalue weighted by molar-refractivity contribution is 7.90. The number of rotatable bonds is 5. The van der Waals surface area contributed by atoms with Gasteiger partial charge in [0.05, 0.1) is 11.0 Å². The van der Waals surface area contributed by atoms with Gasteiger partial charge in [-0.05, 0) is 49.9 Å². The van der Waals surface area contributed by atoms with E-state index in [0.717, 1.165) is 19.1 Å². The molecule has 1 aromatic carbocycles. The molecule has 6 nitrogen and oxygen atoms in total. The first-order valence-electron chi connectivity index (χ1n) is 7.00. The molecule has 0 spiro atoms. The Labute approximate surface area is 130 Å². The molecule has 1 aliphatic rings. The third-order valence-electron chi connectivity index (χ3n) is 3.67. The smallest absolute Gasteiger partial charge is 0.259 e. The van der Waals surface area contributed by atoms with Crippen molar-refractivity contribution in [3.8, 4) is 11.8 Å². The third kappa shape index (κ3) is 3.98. The van der Waals surface area contributed by atoms with E-state index in [0.29, 0.717) is 18.6 Å². The highest BCUT2D eigenvalue weighted by Gasteiger charge is 2.35. The average Bonchev–Trinajstić information content (AvgIpc) is 2.94. The minimum atomic E-state index is -3.25. The number of benzene rings is 1. The zero-order valence-electron chi connectivity index (χ0n) is 12.3. The molecule has 2 rings (SSSR count). The Kier molecular flexibility index (Phi) is 4.71. The Balaban J connectivity index is 1.90. The molecule has 1 N–H and O–H groups in total. The first-order valence-corrected chi connectivity index (χ1v) is 8.89. The van der Waals surface area contributed by atoms with Crippen LogP contribution in [0.4, 0.5) is 0 Å². The van der Waals surface area contributed by atoms with Gasteiger partial charge >= 0.3 is 0 Å². The van der Waals surface area contributed by atoms with Gasteiger partial charge in [0.25, 0.3) is 5.91 Å². The van der Waals surface area contributed by atoms with Gasteiger partial charge in [-0.15, -0.1) is 0 Å². The largest absolute Gasteiger partial charge is 0.484 e. The van der Waals surface area contributed by atoms with E-state index >= 15 is 0 Å². The number of carbonyl (C=O) groups excluding carboxylic acids is 1. The molecule has 1 saturated carbocycles. The van der Waals surface area contributed by atoms with Gasteiger partial charge in [0.1, 0.15) is 11.3 Å². The Morgan fingerprint density at radius 1 is 1.32 bits per heavy atom. The molecule has 0 unspecified atom stereocenters. The molecule has 0 saturated heterocycles. The molecule has 1 amide bonds. The fourth-order valence-corrected chi connectivity index (χ4v) is 3.11. The number of ether oxygens (including phenoxy) is 1. The fraction of sp³-hybridized carbons (Fsp3) is 0.467. The standard InChI is InChI=1S/C15H18N2O4S/c1-22(19,20)13-6-4-12(5-7-13)21-10-14(18)17-15(11-16)8-2-3-9-15/h4-7H,2-3,8-10H2,1H3,(H,17,18). The normalized spacial score (nSPS) is 16.7. The van der Waals surface area contributed by atoms with Gasteiger partial charge in [0.15, 0.2) is 16.4 Å². The number of hydrogen-bond donors (Lipinski definition) is 1. The molecule has 118 valence electrons. The SMILES string of the molecule is CS(=O)(=O)c1ccc(OCC(=O)NC2(C#N)CCCC2)cc1. The van der Waals surface area contributed by atoms with Crippen molar-refractivity contribution < 1.29 is 17.9 Å². The molecule has 7 heteroatoms. The quantitative estimate of drug-likeness (QED) is 0.884. The van der Waals surface area contributed by atoms with Gasteiger partial charge in [-0.25, -0.2) is 8.42 Å². The van der Waals surface area contributed by atoms with Crippen LogP contribution in [-0.2, 0) is 14.6 Å². The third-order valence-corrected chi connectivity index (χ3v) is 4.80.